The number of halogens is 1. The summed E-state index contributed by atoms with van der Waals surface area (Å²) in [6.07, 6.45) is 1.66. The Morgan fingerprint density at radius 3 is 2.60 bits per heavy atom. The van der Waals surface area contributed by atoms with Crippen LogP contribution < -0.4 is 5.73 Å². The number of nitrogens with two attached hydrogens (primary N) is 1. The van der Waals surface area contributed by atoms with Gasteiger partial charge in [0.25, 0.3) is 0 Å². The maximum atomic E-state index is 5.62. The minimum Gasteiger partial charge on any atom is -0.384 e. The first-order chi connectivity index (χ1) is 4.22. The van der Waals surface area contributed by atoms with Crippen molar-refractivity contribution in [3.63, 3.8) is 0 Å². The Morgan fingerprint density at radius 2 is 2.20 bits per heavy atom. The van der Waals surface area contributed by atoms with E-state index in [1.165, 1.54) is 0 Å². The third-order valence-electron chi connectivity index (χ3n) is 0.926. The van der Waals surface area contributed by atoms with Gasteiger partial charge < -0.3 is 10.7 Å². The molecule has 0 unspecified atom stereocenters. The van der Waals surface area contributed by atoms with Crippen LogP contribution in [0.1, 0.15) is 0 Å². The molecule has 5 heteroatoms. The predicted molar refractivity (Wildman–Crippen MR) is 46.8 cm³/mol. The van der Waals surface area contributed by atoms with Crippen LogP contribution in [0, 0.1) is 4.51 Å². The fourth-order valence-electron chi connectivity index (χ4n) is 0.476. The predicted octanol–water partition coefficient (Wildman–Crippen LogP) is 1.60. The number of aromatic nitrogens is 1. The normalized spacial score (nSPS) is 8.50. The molecule has 0 bridgehead atoms. The van der Waals surface area contributed by atoms with Crippen LogP contribution in [0.25, 0.3) is 0 Å². The average Bonchev–Trinajstić information content (AvgIpc) is 1.83. The van der Waals surface area contributed by atoms with Crippen LogP contribution in [0.5, 0.6) is 0 Å². The number of nitrogen functional groups attached to an aromatic ring is 1. The number of anilines is 1. The molecule has 2 nitrogen and oxygen atoms in total. The van der Waals surface area contributed by atoms with Gasteiger partial charge in [-0.3, -0.25) is 0 Å². The minimum atomic E-state index is 0. The molecule has 1 heterocycles. The Kier molecular flexibility index (Phi) is 4.56. The van der Waals surface area contributed by atoms with Crippen molar-refractivity contribution in [2.45, 2.75) is 0 Å². The minimum absolute atomic E-state index is 0. The molecule has 1 aromatic rings. The van der Waals surface area contributed by atoms with Crippen molar-refractivity contribution in [3.05, 3.63) is 21.8 Å². The number of aromatic amines is 1. The van der Waals surface area contributed by atoms with E-state index in [4.69, 9.17) is 29.6 Å². The molecule has 0 aromatic carbocycles. The number of rotatable bonds is 0. The Hall–Kier alpha value is 0.460. The molecule has 0 aliphatic rings. The maximum Gasteiger partial charge on any atom is 0.121 e. The fourth-order valence-corrected chi connectivity index (χ4v) is 0.772. The van der Waals surface area contributed by atoms with Crippen molar-refractivity contribution in [2.24, 2.45) is 0 Å². The molecule has 0 spiro atoms. The molecular weight excluding hydrogens is 179 g/mol. The van der Waals surface area contributed by atoms with Gasteiger partial charge in [-0.1, -0.05) is 23.8 Å². The zero-order chi connectivity index (χ0) is 6.85. The fraction of sp³-hybridized carbons (Fsp3) is 0. The van der Waals surface area contributed by atoms with Crippen molar-refractivity contribution in [1.82, 2.24) is 4.98 Å². The van der Waals surface area contributed by atoms with E-state index in [2.05, 4.69) is 4.98 Å². The molecule has 0 saturated heterocycles. The van der Waals surface area contributed by atoms with Gasteiger partial charge in [0.1, 0.15) is 5.82 Å². The Morgan fingerprint density at radius 1 is 1.60 bits per heavy atom. The van der Waals surface area contributed by atoms with E-state index < -0.39 is 0 Å². The molecule has 0 aliphatic carbocycles. The third kappa shape index (κ3) is 2.25. The number of nitrogens with one attached hydrogen (secondary N) is 1. The van der Waals surface area contributed by atoms with E-state index in [1.807, 2.05) is 0 Å². The van der Waals surface area contributed by atoms with Gasteiger partial charge in [0, 0.05) is 35.8 Å². The first kappa shape index (κ1) is 10.5. The molecule has 49 valence electrons. The summed E-state index contributed by atoms with van der Waals surface area (Å²) >= 11 is 10.4. The van der Waals surface area contributed by atoms with Crippen LogP contribution in [0.3, 0.4) is 0 Å². The molecule has 10 heavy (non-hydrogen) atoms. The maximum absolute atomic E-state index is 5.62. The van der Waals surface area contributed by atoms with Gasteiger partial charge in [0.15, 0.2) is 0 Å². The second kappa shape index (κ2) is 4.36. The van der Waals surface area contributed by atoms with E-state index in [-0.39, 0.29) is 29.6 Å². The largest absolute Gasteiger partial charge is 0.384 e. The Bertz CT molecular complexity index is 273. The van der Waals surface area contributed by atoms with Crippen LogP contribution in [-0.4, -0.2) is 34.5 Å². The van der Waals surface area contributed by atoms with E-state index in [1.54, 1.807) is 12.3 Å². The van der Waals surface area contributed by atoms with Crippen molar-refractivity contribution in [1.29, 1.82) is 0 Å². The first-order valence-corrected chi connectivity index (χ1v) is 3.13. The Labute approximate surface area is 91.1 Å². The van der Waals surface area contributed by atoms with Crippen molar-refractivity contribution < 1.29 is 0 Å². The van der Waals surface area contributed by atoms with Crippen molar-refractivity contribution in [2.75, 3.05) is 5.73 Å². The van der Waals surface area contributed by atoms with Crippen LogP contribution in [0.15, 0.2) is 12.3 Å². The standard InChI is InChI=1S/C5H5ClN2S.Na/c6-4-3(9)1-2-8-5(4)7;/h1-2H,(H3,7,8,9);. The van der Waals surface area contributed by atoms with Crippen molar-refractivity contribution >= 4 is 59.2 Å². The van der Waals surface area contributed by atoms with Crippen LogP contribution >= 0.6 is 23.8 Å². The second-order valence-corrected chi connectivity index (χ2v) is 2.39. The molecule has 0 atom stereocenters. The zero-order valence-electron chi connectivity index (χ0n) is 5.52. The molecule has 3 N–H and O–H groups in total. The van der Waals surface area contributed by atoms with Crippen LogP contribution in [0.4, 0.5) is 5.82 Å². The summed E-state index contributed by atoms with van der Waals surface area (Å²) in [6, 6.07) is 1.69. The number of hydrogen-bond donors (Lipinski definition) is 2. The number of H-pyrrole nitrogens is 1. The van der Waals surface area contributed by atoms with E-state index >= 15 is 0 Å². The molecule has 1 radical (unpaired) electrons. The third-order valence-corrected chi connectivity index (χ3v) is 1.79. The molecule has 1 rings (SSSR count). The van der Waals surface area contributed by atoms with Gasteiger partial charge in [-0.25, -0.2) is 0 Å². The SMILES string of the molecule is Nc1[nH]ccc(=S)c1Cl.[Na]. The van der Waals surface area contributed by atoms with Crippen LogP contribution in [0.2, 0.25) is 5.02 Å². The van der Waals surface area contributed by atoms with Crippen LogP contribution in [-0.2, 0) is 0 Å². The van der Waals surface area contributed by atoms with Crippen molar-refractivity contribution in [3.8, 4) is 0 Å². The van der Waals surface area contributed by atoms with Gasteiger partial charge in [-0.2, -0.15) is 0 Å². The quantitative estimate of drug-likeness (QED) is 0.474. The van der Waals surface area contributed by atoms with Gasteiger partial charge in [-0.15, -0.1) is 0 Å². The number of pyridine rings is 1. The van der Waals surface area contributed by atoms with E-state index in [9.17, 15) is 0 Å². The zero-order valence-corrected chi connectivity index (χ0v) is 9.09. The van der Waals surface area contributed by atoms with Gasteiger partial charge >= 0.3 is 0 Å². The number of hydrogen-bond acceptors (Lipinski definition) is 2. The summed E-state index contributed by atoms with van der Waals surface area (Å²) in [7, 11) is 0. The summed E-state index contributed by atoms with van der Waals surface area (Å²) < 4.78 is 0.577. The molecule has 1 aromatic heterocycles. The molecule has 0 amide bonds. The van der Waals surface area contributed by atoms with E-state index in [0.717, 1.165) is 0 Å². The Balaban J connectivity index is 0.000000810. The summed E-state index contributed by atoms with van der Waals surface area (Å²) in [5, 5.41) is 0.424. The summed E-state index contributed by atoms with van der Waals surface area (Å²) in [5.41, 5.74) is 5.37. The second-order valence-electron chi connectivity index (χ2n) is 1.57. The first-order valence-electron chi connectivity index (χ1n) is 2.34. The average molecular weight is 184 g/mol. The topological polar surface area (TPSA) is 41.8 Å². The van der Waals surface area contributed by atoms with Gasteiger partial charge in [-0.05, 0) is 6.07 Å². The van der Waals surface area contributed by atoms with Gasteiger partial charge in [0.05, 0.1) is 9.53 Å². The summed E-state index contributed by atoms with van der Waals surface area (Å²) in [5.74, 6) is 0.421. The molecule has 0 saturated carbocycles. The summed E-state index contributed by atoms with van der Waals surface area (Å²) in [4.78, 5) is 2.72. The van der Waals surface area contributed by atoms with Gasteiger partial charge in [0.2, 0.25) is 0 Å². The van der Waals surface area contributed by atoms with E-state index in [0.29, 0.717) is 15.4 Å². The molecular formula is C5H5ClN2NaS. The smallest absolute Gasteiger partial charge is 0.121 e. The molecule has 0 aliphatic heterocycles. The molecule has 0 fully saturated rings. The monoisotopic (exact) mass is 183 g/mol. The summed E-state index contributed by atoms with van der Waals surface area (Å²) in [6.45, 7) is 0.